The number of tetrazole rings is 1. The van der Waals surface area contributed by atoms with Gasteiger partial charge in [0.2, 0.25) is 17.7 Å². The Bertz CT molecular complexity index is 1240. The fourth-order valence-corrected chi connectivity index (χ4v) is 7.86. The number of hydrogen-bond acceptors (Lipinski definition) is 10. The lowest BCUT2D eigenvalue weighted by Gasteiger charge is -2.47. The van der Waals surface area contributed by atoms with Gasteiger partial charge in [-0.3, -0.25) is 19.8 Å². The summed E-state index contributed by atoms with van der Waals surface area (Å²) in [5.41, 5.74) is 5.52. The number of nitrogens with two attached hydrogens (primary N) is 1. The van der Waals surface area contributed by atoms with Crippen LogP contribution in [-0.4, -0.2) is 108 Å². The van der Waals surface area contributed by atoms with Crippen molar-refractivity contribution in [2.24, 2.45) is 23.5 Å². The Morgan fingerprint density at radius 2 is 2.15 bits per heavy atom. The molecule has 1 aromatic rings. The molecule has 0 saturated carbocycles. The first-order valence-corrected chi connectivity index (χ1v) is 14.3. The van der Waals surface area contributed by atoms with Gasteiger partial charge in [-0.25, -0.2) is 9.48 Å². The van der Waals surface area contributed by atoms with E-state index < -0.39 is 17.9 Å². The second kappa shape index (κ2) is 11.2. The highest BCUT2D eigenvalue weighted by Crippen LogP contribution is 2.51. The van der Waals surface area contributed by atoms with Gasteiger partial charge in [0.25, 0.3) is 0 Å². The summed E-state index contributed by atoms with van der Waals surface area (Å²) < 4.78 is 1.27. The maximum atomic E-state index is 13.2. The van der Waals surface area contributed by atoms with Gasteiger partial charge in [-0.1, -0.05) is 6.92 Å². The first-order valence-electron chi connectivity index (χ1n) is 13.4. The third-order valence-electron chi connectivity index (χ3n) is 8.20. The van der Waals surface area contributed by atoms with Crippen molar-refractivity contribution in [1.82, 2.24) is 40.6 Å². The lowest BCUT2D eigenvalue weighted by Crippen LogP contribution is -2.66. The molecule has 0 aliphatic carbocycles. The molecule has 0 spiro atoms. The van der Waals surface area contributed by atoms with E-state index in [0.29, 0.717) is 37.4 Å². The lowest BCUT2D eigenvalue weighted by molar-refractivity contribution is -0.158. The molecule has 0 radical (unpaired) electrons. The van der Waals surface area contributed by atoms with E-state index in [-0.39, 0.29) is 65.0 Å². The number of likely N-dealkylation sites (tertiary alicyclic amines) is 1. The van der Waals surface area contributed by atoms with Crippen molar-refractivity contribution in [3.8, 4) is 0 Å². The van der Waals surface area contributed by atoms with Gasteiger partial charge in [0.05, 0.1) is 23.8 Å². The van der Waals surface area contributed by atoms with Gasteiger partial charge in [-0.2, -0.15) is 0 Å². The summed E-state index contributed by atoms with van der Waals surface area (Å²) in [5, 5.41) is 34.3. The van der Waals surface area contributed by atoms with Crippen LogP contribution < -0.4 is 16.4 Å². The molecule has 4 aliphatic rings. The lowest BCUT2D eigenvalue weighted by atomic mass is 9.78. The SMILES string of the molecule is CC(NC(=O)Cn1cnnn1)[C@H]1C(=O)N2C(C(=O)O)=C(S[C@@H]3CN[C@H](C(=O)N4CCC(CC(=N)N)C4)C3)[C@H](C)[C@H]12. The second-order valence-electron chi connectivity index (χ2n) is 11.0. The normalized spacial score (nSPS) is 30.3. The number of β-lactam (4-membered cyclic amide) rings is 1. The number of rotatable bonds is 10. The van der Waals surface area contributed by atoms with E-state index in [1.165, 1.54) is 27.7 Å². The highest BCUT2D eigenvalue weighted by Gasteiger charge is 2.60. The average molecular weight is 575 g/mol. The zero-order valence-electron chi connectivity index (χ0n) is 22.3. The zero-order valence-corrected chi connectivity index (χ0v) is 23.1. The molecule has 40 heavy (non-hydrogen) atoms. The number of thioether (sulfide) groups is 1. The van der Waals surface area contributed by atoms with E-state index in [4.69, 9.17) is 11.1 Å². The van der Waals surface area contributed by atoms with Crippen LogP contribution >= 0.6 is 11.8 Å². The van der Waals surface area contributed by atoms with Crippen molar-refractivity contribution in [3.05, 3.63) is 16.9 Å². The molecule has 3 amide bonds. The molecule has 3 saturated heterocycles. The molecule has 6 N–H and O–H groups in total. The average Bonchev–Trinajstić information content (AvgIpc) is 3.67. The van der Waals surface area contributed by atoms with Crippen LogP contribution in [0.4, 0.5) is 0 Å². The summed E-state index contributed by atoms with van der Waals surface area (Å²) in [4.78, 5) is 54.8. The number of carbonyl (C=O) groups is 4. The number of nitrogens with zero attached hydrogens (tertiary/aromatic N) is 6. The Hall–Kier alpha value is -3.53. The minimum atomic E-state index is -1.16. The number of carboxylic acid groups (broad SMARTS) is 1. The molecule has 7 atom stereocenters. The van der Waals surface area contributed by atoms with Crippen LogP contribution in [0.5, 0.6) is 0 Å². The number of fused-ring (bicyclic) bond motifs is 1. The molecule has 216 valence electrons. The Balaban J connectivity index is 1.20. The van der Waals surface area contributed by atoms with E-state index in [2.05, 4.69) is 26.2 Å². The number of nitrogens with one attached hydrogen (secondary N) is 3. The fraction of sp³-hybridized carbons (Fsp3) is 0.667. The highest BCUT2D eigenvalue weighted by atomic mass is 32.2. The molecule has 0 bridgehead atoms. The Kier molecular flexibility index (Phi) is 7.81. The van der Waals surface area contributed by atoms with E-state index in [9.17, 15) is 24.3 Å². The maximum Gasteiger partial charge on any atom is 0.353 e. The zero-order chi connectivity index (χ0) is 28.7. The number of amidine groups is 1. The maximum absolute atomic E-state index is 13.2. The van der Waals surface area contributed by atoms with Crippen molar-refractivity contribution in [3.63, 3.8) is 0 Å². The third-order valence-corrected chi connectivity index (χ3v) is 9.72. The van der Waals surface area contributed by atoms with Crippen molar-refractivity contribution >= 4 is 41.3 Å². The van der Waals surface area contributed by atoms with Gasteiger partial charge in [0.1, 0.15) is 18.6 Å². The van der Waals surface area contributed by atoms with Crippen molar-refractivity contribution in [1.29, 1.82) is 5.41 Å². The Labute approximate surface area is 234 Å². The van der Waals surface area contributed by atoms with Crippen molar-refractivity contribution in [2.75, 3.05) is 19.6 Å². The van der Waals surface area contributed by atoms with Crippen LogP contribution in [0.15, 0.2) is 16.9 Å². The second-order valence-corrected chi connectivity index (χ2v) is 12.3. The van der Waals surface area contributed by atoms with Gasteiger partial charge in [0.15, 0.2) is 0 Å². The highest BCUT2D eigenvalue weighted by molar-refractivity contribution is 8.03. The van der Waals surface area contributed by atoms with Crippen LogP contribution in [0.2, 0.25) is 0 Å². The minimum absolute atomic E-state index is 0.00244. The van der Waals surface area contributed by atoms with Crippen molar-refractivity contribution < 1.29 is 24.3 Å². The van der Waals surface area contributed by atoms with Crippen LogP contribution in [0, 0.1) is 23.2 Å². The summed E-state index contributed by atoms with van der Waals surface area (Å²) in [5.74, 6) is -2.28. The monoisotopic (exact) mass is 574 g/mol. The molecule has 4 aliphatic heterocycles. The minimum Gasteiger partial charge on any atom is -0.477 e. The van der Waals surface area contributed by atoms with Crippen molar-refractivity contribution in [2.45, 2.75) is 63.0 Å². The van der Waals surface area contributed by atoms with Crippen LogP contribution in [-0.2, 0) is 25.7 Å². The summed E-state index contributed by atoms with van der Waals surface area (Å²) in [6.45, 7) is 5.33. The Morgan fingerprint density at radius 1 is 1.38 bits per heavy atom. The first kappa shape index (κ1) is 28.0. The van der Waals surface area contributed by atoms with Gasteiger partial charge in [0, 0.05) is 48.2 Å². The van der Waals surface area contributed by atoms with Gasteiger partial charge < -0.3 is 31.3 Å². The largest absolute Gasteiger partial charge is 0.477 e. The molecular formula is C24H34N10O5S. The molecule has 16 heteroatoms. The molecule has 15 nitrogen and oxygen atoms in total. The summed E-state index contributed by atoms with van der Waals surface area (Å²) in [6.07, 6.45) is 3.18. The topological polar surface area (TPSA) is 213 Å². The van der Waals surface area contributed by atoms with E-state index >= 15 is 0 Å². The molecule has 1 aromatic heterocycles. The molecular weight excluding hydrogens is 540 g/mol. The summed E-state index contributed by atoms with van der Waals surface area (Å²) in [7, 11) is 0. The number of carboxylic acids is 1. The van der Waals surface area contributed by atoms with Crippen LogP contribution in [0.25, 0.3) is 0 Å². The third kappa shape index (κ3) is 5.29. The Morgan fingerprint density at radius 3 is 2.83 bits per heavy atom. The fourth-order valence-electron chi connectivity index (χ4n) is 6.38. The molecule has 2 unspecified atom stereocenters. The number of amides is 3. The van der Waals surface area contributed by atoms with E-state index in [1.807, 2.05) is 11.8 Å². The quantitative estimate of drug-likeness (QED) is 0.124. The molecule has 5 heterocycles. The van der Waals surface area contributed by atoms with Gasteiger partial charge >= 0.3 is 5.97 Å². The predicted molar refractivity (Wildman–Crippen MR) is 142 cm³/mol. The number of aliphatic carboxylic acids is 1. The summed E-state index contributed by atoms with van der Waals surface area (Å²) in [6, 6.07) is -1.25. The van der Waals surface area contributed by atoms with Gasteiger partial charge in [-0.15, -0.1) is 16.9 Å². The smallest absolute Gasteiger partial charge is 0.353 e. The first-order chi connectivity index (χ1) is 19.0. The van der Waals surface area contributed by atoms with E-state index in [0.717, 1.165) is 6.42 Å². The number of carbonyl (C=O) groups excluding carboxylic acids is 3. The van der Waals surface area contributed by atoms with Crippen LogP contribution in [0.1, 0.15) is 33.1 Å². The number of hydrogen-bond donors (Lipinski definition) is 5. The van der Waals surface area contributed by atoms with E-state index in [1.54, 1.807) is 6.92 Å². The molecule has 0 aromatic carbocycles. The molecule has 5 rings (SSSR count). The predicted octanol–water partition coefficient (Wildman–Crippen LogP) is -1.41. The summed E-state index contributed by atoms with van der Waals surface area (Å²) >= 11 is 1.43. The standard InChI is InChI=1S/C24H34N10O5S/c1-11-19-18(12(2)29-17(35)9-33-10-28-30-31-33)23(37)34(19)20(24(38)39)21(11)40-14-6-15(27-7-14)22(36)32-4-3-13(8-32)5-16(25)26/h10-15,18-19,27H,3-9H2,1-2H3,(H3,25,26)(H,29,35)(H,38,39)/t11-,12?,13?,14+,15+,18-,19-/m1/s1. The van der Waals surface area contributed by atoms with Crippen LogP contribution in [0.3, 0.4) is 0 Å². The molecule has 3 fully saturated rings. The number of aromatic nitrogens is 4. The van der Waals surface area contributed by atoms with Gasteiger partial charge in [-0.05, 0) is 36.1 Å².